The Hall–Kier alpha value is -3.75. The van der Waals surface area contributed by atoms with E-state index in [1.165, 1.54) is 12.1 Å². The number of anilines is 1. The van der Waals surface area contributed by atoms with E-state index in [0.29, 0.717) is 5.69 Å². The second kappa shape index (κ2) is 8.56. The Bertz CT molecular complexity index is 892. The minimum Gasteiger partial charge on any atom is -0.452 e. The first kappa shape index (κ1) is 19.6. The lowest BCUT2D eigenvalue weighted by Gasteiger charge is -2.09. The van der Waals surface area contributed by atoms with Crippen molar-refractivity contribution in [3.63, 3.8) is 0 Å². The molecule has 2 aromatic rings. The zero-order chi connectivity index (χ0) is 20.0. The summed E-state index contributed by atoms with van der Waals surface area (Å²) in [6, 6.07) is 9.25. The summed E-state index contributed by atoms with van der Waals surface area (Å²) in [7, 11) is 0. The number of hydrogen-bond acceptors (Lipinski definition) is 6. The van der Waals surface area contributed by atoms with Crippen LogP contribution in [0.1, 0.15) is 21.5 Å². The zero-order valence-corrected chi connectivity index (χ0v) is 14.6. The predicted molar refractivity (Wildman–Crippen MR) is 96.5 cm³/mol. The van der Waals surface area contributed by atoms with Gasteiger partial charge in [0.05, 0.1) is 10.5 Å². The number of carbonyl (C=O) groups is 3. The first-order valence-electron chi connectivity index (χ1n) is 7.86. The van der Waals surface area contributed by atoms with Crippen LogP contribution in [0.4, 0.5) is 16.2 Å². The first-order valence-corrected chi connectivity index (χ1v) is 7.86. The molecule has 0 heterocycles. The maximum atomic E-state index is 11.8. The number of benzene rings is 2. The fourth-order valence-corrected chi connectivity index (χ4v) is 2.08. The highest BCUT2D eigenvalue weighted by Crippen LogP contribution is 2.14. The lowest BCUT2D eigenvalue weighted by molar-refractivity contribution is -0.384. The molecule has 0 unspecified atom stereocenters. The van der Waals surface area contributed by atoms with Crippen molar-refractivity contribution in [2.24, 2.45) is 0 Å². The van der Waals surface area contributed by atoms with Crippen molar-refractivity contribution in [2.45, 2.75) is 13.8 Å². The molecule has 0 saturated carbocycles. The lowest BCUT2D eigenvalue weighted by atomic mass is 10.1. The molecule has 0 bridgehead atoms. The molecule has 0 spiro atoms. The summed E-state index contributed by atoms with van der Waals surface area (Å²) in [5, 5.41) is 15.1. The molecular weight excluding hydrogens is 354 g/mol. The van der Waals surface area contributed by atoms with Crippen LogP contribution < -0.4 is 10.6 Å². The number of imide groups is 1. The van der Waals surface area contributed by atoms with Gasteiger partial charge in [-0.1, -0.05) is 6.07 Å². The average molecular weight is 371 g/mol. The Labute approximate surface area is 154 Å². The lowest BCUT2D eigenvalue weighted by Crippen LogP contribution is -2.37. The van der Waals surface area contributed by atoms with E-state index >= 15 is 0 Å². The molecule has 2 N–H and O–H groups in total. The first-order chi connectivity index (χ1) is 12.8. The summed E-state index contributed by atoms with van der Waals surface area (Å²) >= 11 is 0. The van der Waals surface area contributed by atoms with Crippen LogP contribution in [0.25, 0.3) is 0 Å². The molecule has 140 valence electrons. The molecule has 2 rings (SSSR count). The summed E-state index contributed by atoms with van der Waals surface area (Å²) in [5.41, 5.74) is 2.44. The van der Waals surface area contributed by atoms with E-state index < -0.39 is 29.4 Å². The van der Waals surface area contributed by atoms with Gasteiger partial charge in [0.25, 0.3) is 11.6 Å². The number of aryl methyl sites for hydroxylation is 2. The number of nitrogens with one attached hydrogen (secondary N) is 2. The number of rotatable bonds is 5. The van der Waals surface area contributed by atoms with E-state index in [-0.39, 0.29) is 11.3 Å². The Morgan fingerprint density at radius 2 is 1.70 bits per heavy atom. The normalized spacial score (nSPS) is 10.0. The molecule has 0 radical (unpaired) electrons. The zero-order valence-electron chi connectivity index (χ0n) is 14.6. The van der Waals surface area contributed by atoms with Gasteiger partial charge in [0, 0.05) is 17.8 Å². The van der Waals surface area contributed by atoms with E-state index in [2.05, 4.69) is 5.32 Å². The fourth-order valence-electron chi connectivity index (χ4n) is 2.08. The highest BCUT2D eigenvalue weighted by Gasteiger charge is 2.14. The van der Waals surface area contributed by atoms with E-state index in [9.17, 15) is 24.5 Å². The van der Waals surface area contributed by atoms with E-state index in [0.717, 1.165) is 23.3 Å². The van der Waals surface area contributed by atoms with Crippen LogP contribution in [0.5, 0.6) is 0 Å². The van der Waals surface area contributed by atoms with Gasteiger partial charge >= 0.3 is 12.0 Å². The van der Waals surface area contributed by atoms with Crippen molar-refractivity contribution in [1.82, 2.24) is 5.32 Å². The molecule has 0 aliphatic rings. The summed E-state index contributed by atoms with van der Waals surface area (Å²) in [5.74, 6) is -1.65. The van der Waals surface area contributed by atoms with Crippen LogP contribution in [0, 0.1) is 24.0 Å². The number of nitro groups is 1. The predicted octanol–water partition coefficient (Wildman–Crippen LogP) is 2.72. The van der Waals surface area contributed by atoms with Crippen LogP contribution in [0.3, 0.4) is 0 Å². The topological polar surface area (TPSA) is 128 Å². The van der Waals surface area contributed by atoms with Gasteiger partial charge in [-0.2, -0.15) is 0 Å². The number of esters is 1. The number of ether oxygens (including phenoxy) is 1. The minimum atomic E-state index is -0.838. The van der Waals surface area contributed by atoms with Crippen LogP contribution in [0.2, 0.25) is 0 Å². The fraction of sp³-hybridized carbons (Fsp3) is 0.167. The average Bonchev–Trinajstić information content (AvgIpc) is 2.62. The SMILES string of the molecule is Cc1ccc(NC(=O)NC(=O)COC(=O)c2ccc([N+](=O)[O-])cc2)cc1C. The molecule has 2 aromatic carbocycles. The third-order valence-corrected chi connectivity index (χ3v) is 3.67. The molecule has 0 aromatic heterocycles. The van der Waals surface area contributed by atoms with Gasteiger partial charge in [-0.25, -0.2) is 9.59 Å². The number of non-ortho nitro benzene ring substituents is 1. The molecule has 3 amide bonds. The van der Waals surface area contributed by atoms with Crippen molar-refractivity contribution >= 4 is 29.3 Å². The van der Waals surface area contributed by atoms with Crippen LogP contribution >= 0.6 is 0 Å². The van der Waals surface area contributed by atoms with E-state index in [1.54, 1.807) is 12.1 Å². The monoisotopic (exact) mass is 371 g/mol. The smallest absolute Gasteiger partial charge is 0.338 e. The molecule has 0 saturated heterocycles. The Morgan fingerprint density at radius 1 is 1.04 bits per heavy atom. The Balaban J connectivity index is 1.82. The molecular formula is C18H17N3O6. The maximum absolute atomic E-state index is 11.8. The van der Waals surface area contributed by atoms with Crippen LogP contribution in [0.15, 0.2) is 42.5 Å². The maximum Gasteiger partial charge on any atom is 0.338 e. The minimum absolute atomic E-state index is 0.0491. The second-order valence-corrected chi connectivity index (χ2v) is 5.68. The molecule has 9 heteroatoms. The quantitative estimate of drug-likeness (QED) is 0.472. The largest absolute Gasteiger partial charge is 0.452 e. The highest BCUT2D eigenvalue weighted by atomic mass is 16.6. The number of urea groups is 1. The number of carbonyl (C=O) groups excluding carboxylic acids is 3. The molecule has 0 aliphatic heterocycles. The summed E-state index contributed by atoms with van der Waals surface area (Å²) in [4.78, 5) is 45.3. The second-order valence-electron chi connectivity index (χ2n) is 5.68. The number of nitro benzene ring substituents is 1. The highest BCUT2D eigenvalue weighted by molar-refractivity contribution is 6.02. The van der Waals surface area contributed by atoms with Gasteiger partial charge in [-0.3, -0.25) is 20.2 Å². The molecule has 9 nitrogen and oxygen atoms in total. The third-order valence-electron chi connectivity index (χ3n) is 3.67. The summed E-state index contributed by atoms with van der Waals surface area (Å²) in [6.07, 6.45) is 0. The molecule has 0 fully saturated rings. The van der Waals surface area contributed by atoms with Gasteiger partial charge < -0.3 is 10.1 Å². The molecule has 0 atom stereocenters. The summed E-state index contributed by atoms with van der Waals surface area (Å²) < 4.78 is 4.78. The third kappa shape index (κ3) is 5.63. The van der Waals surface area contributed by atoms with E-state index in [4.69, 9.17) is 4.74 Å². The van der Waals surface area contributed by atoms with E-state index in [1.807, 2.05) is 25.2 Å². The van der Waals surface area contributed by atoms with Crippen molar-refractivity contribution in [3.05, 3.63) is 69.3 Å². The van der Waals surface area contributed by atoms with Crippen molar-refractivity contribution in [2.75, 3.05) is 11.9 Å². The van der Waals surface area contributed by atoms with Crippen molar-refractivity contribution in [1.29, 1.82) is 0 Å². The Kier molecular flexibility index (Phi) is 6.21. The summed E-state index contributed by atoms with van der Waals surface area (Å²) in [6.45, 7) is 3.15. The standard InChI is InChI=1S/C18H17N3O6/c1-11-3-6-14(9-12(11)2)19-18(24)20-16(22)10-27-17(23)13-4-7-15(8-5-13)21(25)26/h3-9H,10H2,1-2H3,(H2,19,20,22,24). The number of amides is 3. The van der Waals surface area contributed by atoms with Crippen LogP contribution in [-0.4, -0.2) is 29.4 Å². The number of nitrogens with zero attached hydrogens (tertiary/aromatic N) is 1. The van der Waals surface area contributed by atoms with Gasteiger partial charge in [-0.05, 0) is 49.2 Å². The van der Waals surface area contributed by atoms with Gasteiger partial charge in [-0.15, -0.1) is 0 Å². The molecule has 27 heavy (non-hydrogen) atoms. The molecule has 0 aliphatic carbocycles. The van der Waals surface area contributed by atoms with Gasteiger partial charge in [0.15, 0.2) is 6.61 Å². The van der Waals surface area contributed by atoms with Crippen LogP contribution in [-0.2, 0) is 9.53 Å². The van der Waals surface area contributed by atoms with Crippen molar-refractivity contribution < 1.29 is 24.0 Å². The van der Waals surface area contributed by atoms with Gasteiger partial charge in [0.1, 0.15) is 0 Å². The Morgan fingerprint density at radius 3 is 2.30 bits per heavy atom. The number of hydrogen-bond donors (Lipinski definition) is 2. The van der Waals surface area contributed by atoms with Gasteiger partial charge in [0.2, 0.25) is 0 Å². The van der Waals surface area contributed by atoms with Crippen molar-refractivity contribution in [3.8, 4) is 0 Å².